The lowest BCUT2D eigenvalue weighted by Gasteiger charge is -2.32. The minimum absolute atomic E-state index is 0.0132. The van der Waals surface area contributed by atoms with Gasteiger partial charge in [-0.05, 0) is 60.7 Å². The van der Waals surface area contributed by atoms with E-state index in [-0.39, 0.29) is 37.7 Å². The summed E-state index contributed by atoms with van der Waals surface area (Å²) in [6, 6.07) is 18.9. The fourth-order valence-electron chi connectivity index (χ4n) is 4.59. The Hall–Kier alpha value is -2.78. The summed E-state index contributed by atoms with van der Waals surface area (Å²) in [5.41, 5.74) is 2.83. The van der Waals surface area contributed by atoms with E-state index in [0.717, 1.165) is 23.8 Å². The van der Waals surface area contributed by atoms with E-state index in [9.17, 15) is 18.0 Å². The maximum absolute atomic E-state index is 13.9. The topological polar surface area (TPSA) is 86.8 Å². The van der Waals surface area contributed by atoms with Crippen molar-refractivity contribution >= 4 is 62.3 Å². The Bertz CT molecular complexity index is 1490. The molecule has 0 radical (unpaired) electrons. The molecule has 42 heavy (non-hydrogen) atoms. The summed E-state index contributed by atoms with van der Waals surface area (Å²) in [4.78, 5) is 28.9. The molecule has 2 amide bonds. The average Bonchev–Trinajstić information content (AvgIpc) is 2.94. The predicted octanol–water partition coefficient (Wildman–Crippen LogP) is 6.67. The van der Waals surface area contributed by atoms with Crippen molar-refractivity contribution in [2.75, 3.05) is 23.7 Å². The van der Waals surface area contributed by atoms with Gasteiger partial charge in [-0.15, -0.1) is 0 Å². The van der Waals surface area contributed by atoms with Gasteiger partial charge in [0.05, 0.1) is 22.0 Å². The highest BCUT2D eigenvalue weighted by Gasteiger charge is 2.30. The lowest BCUT2D eigenvalue weighted by atomic mass is 10.0. The molecule has 1 unspecified atom stereocenters. The fourth-order valence-corrected chi connectivity index (χ4v) is 6.09. The van der Waals surface area contributed by atoms with E-state index >= 15 is 0 Å². The van der Waals surface area contributed by atoms with Crippen molar-refractivity contribution in [3.63, 3.8) is 0 Å². The SMILES string of the molecule is CCCNC(=O)C(Cc1ccccc1)N(Cc1ccc(Cl)c(Cl)c1)C(=O)CCCN(c1cc(Cl)ccc1C)S(C)(=O)=O. The van der Waals surface area contributed by atoms with Gasteiger partial charge in [-0.3, -0.25) is 13.9 Å². The van der Waals surface area contributed by atoms with Crippen LogP contribution in [-0.2, 0) is 32.6 Å². The summed E-state index contributed by atoms with van der Waals surface area (Å²) in [7, 11) is -3.66. The summed E-state index contributed by atoms with van der Waals surface area (Å²) in [6.45, 7) is 4.42. The quantitative estimate of drug-likeness (QED) is 0.211. The van der Waals surface area contributed by atoms with Crippen molar-refractivity contribution in [1.82, 2.24) is 10.2 Å². The first-order chi connectivity index (χ1) is 19.9. The van der Waals surface area contributed by atoms with E-state index < -0.39 is 16.1 Å². The third kappa shape index (κ3) is 9.63. The molecule has 3 rings (SSSR count). The Morgan fingerprint density at radius 2 is 1.64 bits per heavy atom. The number of amides is 2. The van der Waals surface area contributed by atoms with Crippen LogP contribution in [0.2, 0.25) is 15.1 Å². The second-order valence-corrected chi connectivity index (χ2v) is 13.3. The van der Waals surface area contributed by atoms with Crippen LogP contribution in [0.25, 0.3) is 0 Å². The third-order valence-corrected chi connectivity index (χ3v) is 8.90. The molecular weight excluding hydrogens is 617 g/mol. The number of hydrogen-bond acceptors (Lipinski definition) is 4. The number of nitrogens with zero attached hydrogens (tertiary/aromatic N) is 2. The Kier molecular flexibility index (Phi) is 12.5. The first-order valence-corrected chi connectivity index (χ1v) is 16.7. The number of nitrogens with one attached hydrogen (secondary N) is 1. The van der Waals surface area contributed by atoms with Gasteiger partial charge in [-0.1, -0.05) is 84.2 Å². The molecular formula is C31H36Cl3N3O4S. The normalized spacial score (nSPS) is 12.0. The van der Waals surface area contributed by atoms with Crippen LogP contribution in [0.3, 0.4) is 0 Å². The number of sulfonamides is 1. The summed E-state index contributed by atoms with van der Waals surface area (Å²) in [6.07, 6.45) is 2.42. The van der Waals surface area contributed by atoms with Crippen LogP contribution in [0, 0.1) is 6.92 Å². The van der Waals surface area contributed by atoms with Crippen molar-refractivity contribution in [3.8, 4) is 0 Å². The Morgan fingerprint density at radius 1 is 0.929 bits per heavy atom. The predicted molar refractivity (Wildman–Crippen MR) is 172 cm³/mol. The van der Waals surface area contributed by atoms with Crippen LogP contribution in [0.4, 0.5) is 5.69 Å². The van der Waals surface area contributed by atoms with Crippen molar-refractivity contribution < 1.29 is 18.0 Å². The Labute approximate surface area is 263 Å². The van der Waals surface area contributed by atoms with Gasteiger partial charge in [-0.25, -0.2) is 8.42 Å². The standard InChI is InChI=1S/C31H36Cl3N3O4S/c1-4-16-35-31(39)29(19-23-9-6-5-7-10-23)36(21-24-13-15-26(33)27(34)18-24)30(38)11-8-17-37(42(3,40)41)28-20-25(32)14-12-22(28)2/h5-7,9-10,12-15,18,20,29H,4,8,11,16-17,19,21H2,1-3H3,(H,35,39). The summed E-state index contributed by atoms with van der Waals surface area (Å²) in [5.74, 6) is -0.550. The molecule has 0 bridgehead atoms. The number of hydrogen-bond donors (Lipinski definition) is 1. The van der Waals surface area contributed by atoms with Gasteiger partial charge in [0.1, 0.15) is 6.04 Å². The number of anilines is 1. The van der Waals surface area contributed by atoms with Crippen molar-refractivity contribution in [2.24, 2.45) is 0 Å². The van der Waals surface area contributed by atoms with E-state index in [2.05, 4.69) is 5.32 Å². The average molecular weight is 653 g/mol. The maximum Gasteiger partial charge on any atom is 0.243 e. The highest BCUT2D eigenvalue weighted by molar-refractivity contribution is 7.92. The van der Waals surface area contributed by atoms with Gasteiger partial charge < -0.3 is 10.2 Å². The Balaban J connectivity index is 1.91. The molecule has 0 heterocycles. The van der Waals surface area contributed by atoms with Crippen LogP contribution < -0.4 is 9.62 Å². The monoisotopic (exact) mass is 651 g/mol. The van der Waals surface area contributed by atoms with Crippen molar-refractivity contribution in [1.29, 1.82) is 0 Å². The van der Waals surface area contributed by atoms with Gasteiger partial charge >= 0.3 is 0 Å². The van der Waals surface area contributed by atoms with Crippen LogP contribution >= 0.6 is 34.8 Å². The largest absolute Gasteiger partial charge is 0.354 e. The first kappa shape index (κ1) is 33.7. The van der Waals surface area contributed by atoms with Crippen LogP contribution in [0.15, 0.2) is 66.7 Å². The third-order valence-electron chi connectivity index (χ3n) is 6.75. The number of rotatable bonds is 14. The minimum Gasteiger partial charge on any atom is -0.354 e. The zero-order chi connectivity index (χ0) is 30.9. The van der Waals surface area contributed by atoms with E-state index in [1.807, 2.05) is 37.3 Å². The highest BCUT2D eigenvalue weighted by Crippen LogP contribution is 2.28. The lowest BCUT2D eigenvalue weighted by Crippen LogP contribution is -2.50. The molecule has 0 fully saturated rings. The molecule has 3 aromatic carbocycles. The van der Waals surface area contributed by atoms with Crippen LogP contribution in [-0.4, -0.2) is 50.5 Å². The molecule has 0 aliphatic rings. The van der Waals surface area contributed by atoms with Crippen LogP contribution in [0.1, 0.15) is 42.9 Å². The summed E-state index contributed by atoms with van der Waals surface area (Å²) in [5, 5.41) is 4.08. The molecule has 0 saturated heterocycles. The number of carbonyl (C=O) groups excluding carboxylic acids is 2. The zero-order valence-corrected chi connectivity index (χ0v) is 27.0. The molecule has 0 aliphatic heterocycles. The molecule has 0 aliphatic carbocycles. The Morgan fingerprint density at radius 3 is 2.29 bits per heavy atom. The maximum atomic E-state index is 13.9. The molecule has 11 heteroatoms. The van der Waals surface area contributed by atoms with E-state index in [1.165, 1.54) is 4.31 Å². The van der Waals surface area contributed by atoms with E-state index in [4.69, 9.17) is 34.8 Å². The second kappa shape index (κ2) is 15.6. The molecule has 7 nitrogen and oxygen atoms in total. The van der Waals surface area contributed by atoms with Gasteiger partial charge in [0, 0.05) is 37.5 Å². The number of benzene rings is 3. The molecule has 1 N–H and O–H groups in total. The first-order valence-electron chi connectivity index (χ1n) is 13.7. The lowest BCUT2D eigenvalue weighted by molar-refractivity contribution is -0.141. The van der Waals surface area contributed by atoms with Gasteiger partial charge in [0.15, 0.2) is 0 Å². The van der Waals surface area contributed by atoms with E-state index in [1.54, 1.807) is 48.2 Å². The smallest absolute Gasteiger partial charge is 0.243 e. The molecule has 226 valence electrons. The highest BCUT2D eigenvalue weighted by atomic mass is 35.5. The zero-order valence-electron chi connectivity index (χ0n) is 23.9. The summed E-state index contributed by atoms with van der Waals surface area (Å²) >= 11 is 18.6. The summed E-state index contributed by atoms with van der Waals surface area (Å²) < 4.78 is 26.7. The molecule has 1 atom stereocenters. The van der Waals surface area contributed by atoms with Gasteiger partial charge in [0.25, 0.3) is 0 Å². The van der Waals surface area contributed by atoms with Gasteiger partial charge in [-0.2, -0.15) is 0 Å². The number of halogens is 3. The van der Waals surface area contributed by atoms with Crippen molar-refractivity contribution in [3.05, 3.63) is 98.5 Å². The number of carbonyl (C=O) groups is 2. The molecule has 0 saturated carbocycles. The van der Waals surface area contributed by atoms with E-state index in [0.29, 0.717) is 39.3 Å². The fraction of sp³-hybridized carbons (Fsp3) is 0.355. The van der Waals surface area contributed by atoms with Crippen LogP contribution in [0.5, 0.6) is 0 Å². The second-order valence-electron chi connectivity index (χ2n) is 10.1. The molecule has 0 spiro atoms. The minimum atomic E-state index is -3.66. The number of aryl methyl sites for hydroxylation is 1. The van der Waals surface area contributed by atoms with Gasteiger partial charge in [0.2, 0.25) is 21.8 Å². The molecule has 0 aromatic heterocycles. The molecule has 3 aromatic rings. The van der Waals surface area contributed by atoms with Crippen molar-refractivity contribution in [2.45, 2.75) is 52.1 Å².